The summed E-state index contributed by atoms with van der Waals surface area (Å²) in [6.07, 6.45) is 0. The summed E-state index contributed by atoms with van der Waals surface area (Å²) < 4.78 is 33.3. The summed E-state index contributed by atoms with van der Waals surface area (Å²) in [4.78, 5) is 38.4. The summed E-state index contributed by atoms with van der Waals surface area (Å²) in [5, 5.41) is 12.5. The molecule has 1 aliphatic rings. The van der Waals surface area contributed by atoms with Gasteiger partial charge in [-0.3, -0.25) is 9.59 Å². The Morgan fingerprint density at radius 3 is 2.30 bits per heavy atom. The quantitative estimate of drug-likeness (QED) is 0.250. The van der Waals surface area contributed by atoms with Gasteiger partial charge in [-0.25, -0.2) is 17.9 Å². The Morgan fingerprint density at radius 2 is 1.55 bits per heavy atom. The van der Waals surface area contributed by atoms with Crippen LogP contribution >= 0.6 is 0 Å². The lowest BCUT2D eigenvalue weighted by atomic mass is 9.98. The lowest BCUT2D eigenvalue weighted by Crippen LogP contribution is -2.34. The SMILES string of the molecule is COc1ccccc1S(=O)(=O)NCc1cccc(C(NC(=O)c2cccc3c2-c2ccccc2C3=O)C(=O)O)c1. The molecule has 0 fully saturated rings. The molecule has 0 bridgehead atoms. The molecule has 4 aromatic rings. The van der Waals surface area contributed by atoms with Crippen LogP contribution in [-0.4, -0.2) is 38.3 Å². The zero-order valence-electron chi connectivity index (χ0n) is 21.2. The zero-order chi connectivity index (χ0) is 28.4. The van der Waals surface area contributed by atoms with Crippen molar-refractivity contribution in [1.82, 2.24) is 10.0 Å². The van der Waals surface area contributed by atoms with E-state index in [1.165, 1.54) is 31.4 Å². The predicted molar refractivity (Wildman–Crippen MR) is 147 cm³/mol. The van der Waals surface area contributed by atoms with Gasteiger partial charge in [0.2, 0.25) is 10.0 Å². The van der Waals surface area contributed by atoms with Crippen LogP contribution < -0.4 is 14.8 Å². The first-order valence-corrected chi connectivity index (χ1v) is 13.7. The first-order chi connectivity index (χ1) is 19.2. The standard InChI is InChI=1S/C30H24N2O7S/c1-39-24-14-4-5-15-25(24)40(37,38)31-17-18-8-6-9-19(16-18)27(30(35)36)32-29(34)23-13-7-12-22-26(23)20-10-2-3-11-21(20)28(22)33/h2-16,27,31H,17H2,1H3,(H,32,34)(H,35,36). The third kappa shape index (κ3) is 4.97. The minimum Gasteiger partial charge on any atom is -0.495 e. The molecular formula is C30H24N2O7S. The van der Waals surface area contributed by atoms with Crippen molar-refractivity contribution < 1.29 is 32.6 Å². The zero-order valence-corrected chi connectivity index (χ0v) is 22.1. The lowest BCUT2D eigenvalue weighted by molar-refractivity contribution is -0.139. The van der Waals surface area contributed by atoms with Gasteiger partial charge in [-0.15, -0.1) is 0 Å². The normalized spacial score (nSPS) is 12.8. The number of ether oxygens (including phenoxy) is 1. The van der Waals surface area contributed by atoms with Crippen LogP contribution in [0.3, 0.4) is 0 Å². The number of rotatable bonds is 9. The highest BCUT2D eigenvalue weighted by atomic mass is 32.2. The summed E-state index contributed by atoms with van der Waals surface area (Å²) >= 11 is 0. The van der Waals surface area contributed by atoms with Crippen LogP contribution in [0.5, 0.6) is 5.75 Å². The van der Waals surface area contributed by atoms with E-state index in [0.29, 0.717) is 27.8 Å². The molecular weight excluding hydrogens is 532 g/mol. The molecule has 202 valence electrons. The molecule has 9 nitrogen and oxygen atoms in total. The minimum atomic E-state index is -3.93. The Morgan fingerprint density at radius 1 is 0.875 bits per heavy atom. The van der Waals surface area contributed by atoms with Crippen LogP contribution in [0.2, 0.25) is 0 Å². The molecule has 0 heterocycles. The van der Waals surface area contributed by atoms with Gasteiger partial charge in [0.25, 0.3) is 5.91 Å². The van der Waals surface area contributed by atoms with Crippen molar-refractivity contribution in [1.29, 1.82) is 0 Å². The number of hydrogen-bond acceptors (Lipinski definition) is 6. The highest BCUT2D eigenvalue weighted by Crippen LogP contribution is 2.39. The topological polar surface area (TPSA) is 139 Å². The molecule has 0 saturated carbocycles. The Hall–Kier alpha value is -4.80. The second kappa shape index (κ2) is 10.8. The van der Waals surface area contributed by atoms with Gasteiger partial charge in [-0.2, -0.15) is 0 Å². The van der Waals surface area contributed by atoms with Crippen molar-refractivity contribution in [3.63, 3.8) is 0 Å². The van der Waals surface area contributed by atoms with Gasteiger partial charge in [-0.05, 0) is 34.9 Å². The molecule has 1 amide bonds. The maximum absolute atomic E-state index is 13.4. The summed E-state index contributed by atoms with van der Waals surface area (Å²) in [6.45, 7) is -0.125. The number of hydrogen-bond donors (Lipinski definition) is 3. The number of sulfonamides is 1. The molecule has 0 saturated heterocycles. The second-order valence-electron chi connectivity index (χ2n) is 9.07. The first kappa shape index (κ1) is 26.8. The number of nitrogens with one attached hydrogen (secondary N) is 2. The van der Waals surface area contributed by atoms with Gasteiger partial charge in [0.15, 0.2) is 11.8 Å². The Labute approximate surface area is 230 Å². The predicted octanol–water partition coefficient (Wildman–Crippen LogP) is 3.94. The molecule has 4 aromatic carbocycles. The van der Waals surface area contributed by atoms with Gasteiger partial charge in [-0.1, -0.05) is 72.8 Å². The maximum atomic E-state index is 13.4. The van der Waals surface area contributed by atoms with Gasteiger partial charge < -0.3 is 15.2 Å². The number of carboxylic acid groups (broad SMARTS) is 1. The van der Waals surface area contributed by atoms with Crippen molar-refractivity contribution >= 4 is 27.7 Å². The van der Waals surface area contributed by atoms with Crippen molar-refractivity contribution in [3.05, 3.63) is 119 Å². The number of fused-ring (bicyclic) bond motifs is 3. The average Bonchev–Trinajstić information content (AvgIpc) is 3.26. The number of benzene rings is 4. The molecule has 1 atom stereocenters. The van der Waals surface area contributed by atoms with E-state index in [1.807, 2.05) is 0 Å². The van der Waals surface area contributed by atoms with Gasteiger partial charge >= 0.3 is 5.97 Å². The third-order valence-electron chi connectivity index (χ3n) is 6.63. The third-order valence-corrected chi connectivity index (χ3v) is 8.07. The van der Waals surface area contributed by atoms with Gasteiger partial charge in [0.1, 0.15) is 10.6 Å². The summed E-state index contributed by atoms with van der Waals surface area (Å²) in [5.74, 6) is -1.97. The molecule has 10 heteroatoms. The first-order valence-electron chi connectivity index (χ1n) is 12.2. The van der Waals surface area contributed by atoms with Crippen molar-refractivity contribution in [3.8, 4) is 16.9 Å². The van der Waals surface area contributed by atoms with Gasteiger partial charge in [0.05, 0.1) is 7.11 Å². The number of carboxylic acids is 1. The second-order valence-corrected chi connectivity index (χ2v) is 10.8. The molecule has 1 aliphatic carbocycles. The van der Waals surface area contributed by atoms with Crippen LogP contribution in [0.4, 0.5) is 0 Å². The van der Waals surface area contributed by atoms with E-state index in [9.17, 15) is 27.9 Å². The van der Waals surface area contributed by atoms with E-state index in [-0.39, 0.29) is 34.1 Å². The fourth-order valence-corrected chi connectivity index (χ4v) is 5.93. The molecule has 0 aliphatic heterocycles. The molecule has 0 spiro atoms. The Bertz CT molecular complexity index is 1770. The lowest BCUT2D eigenvalue weighted by Gasteiger charge is -2.17. The van der Waals surface area contributed by atoms with Gasteiger partial charge in [0, 0.05) is 28.8 Å². The number of amides is 1. The highest BCUT2D eigenvalue weighted by molar-refractivity contribution is 7.89. The van der Waals surface area contributed by atoms with E-state index in [2.05, 4.69) is 10.0 Å². The van der Waals surface area contributed by atoms with Crippen molar-refractivity contribution in [2.24, 2.45) is 0 Å². The molecule has 3 N–H and O–H groups in total. The van der Waals surface area contributed by atoms with E-state index in [0.717, 1.165) is 0 Å². The van der Waals surface area contributed by atoms with Crippen LogP contribution in [0, 0.1) is 0 Å². The molecule has 0 aromatic heterocycles. The minimum absolute atomic E-state index is 0.0280. The molecule has 5 rings (SSSR count). The number of ketones is 1. The smallest absolute Gasteiger partial charge is 0.330 e. The molecule has 40 heavy (non-hydrogen) atoms. The molecule has 1 unspecified atom stereocenters. The maximum Gasteiger partial charge on any atom is 0.330 e. The average molecular weight is 557 g/mol. The van der Waals surface area contributed by atoms with E-state index in [1.54, 1.807) is 66.7 Å². The summed E-state index contributed by atoms with van der Waals surface area (Å²) in [7, 11) is -2.56. The van der Waals surface area contributed by atoms with Crippen LogP contribution in [-0.2, 0) is 21.4 Å². The van der Waals surface area contributed by atoms with Crippen molar-refractivity contribution in [2.45, 2.75) is 17.5 Å². The van der Waals surface area contributed by atoms with Crippen LogP contribution in [0.15, 0.2) is 95.9 Å². The number of carbonyl (C=O) groups is 3. The number of carbonyl (C=O) groups excluding carboxylic acids is 2. The summed E-state index contributed by atoms with van der Waals surface area (Å²) in [6, 6.07) is 22.7. The van der Waals surface area contributed by atoms with Crippen LogP contribution in [0.25, 0.3) is 11.1 Å². The monoisotopic (exact) mass is 556 g/mol. The fourth-order valence-electron chi connectivity index (χ4n) is 4.74. The number of para-hydroxylation sites is 1. The van der Waals surface area contributed by atoms with Crippen LogP contribution in [0.1, 0.15) is 43.4 Å². The Kier molecular flexibility index (Phi) is 7.20. The fraction of sp³-hybridized carbons (Fsp3) is 0.100. The van der Waals surface area contributed by atoms with E-state index >= 15 is 0 Å². The number of aliphatic carboxylic acids is 1. The van der Waals surface area contributed by atoms with E-state index < -0.39 is 27.9 Å². The van der Waals surface area contributed by atoms with E-state index in [4.69, 9.17) is 4.74 Å². The highest BCUT2D eigenvalue weighted by Gasteiger charge is 2.32. The summed E-state index contributed by atoms with van der Waals surface area (Å²) in [5.41, 5.74) is 2.85. The largest absolute Gasteiger partial charge is 0.495 e. The number of methoxy groups -OCH3 is 1. The molecule has 0 radical (unpaired) electrons. The van der Waals surface area contributed by atoms with Crippen molar-refractivity contribution in [2.75, 3.05) is 7.11 Å². The Balaban J connectivity index is 1.39.